The molecule has 1 aromatic heterocycles. The summed E-state index contributed by atoms with van der Waals surface area (Å²) in [4.78, 5) is 43.6. The Bertz CT molecular complexity index is 1920. The van der Waals surface area contributed by atoms with Crippen LogP contribution in [0.1, 0.15) is 50.4 Å². The monoisotopic (exact) mass is 571 g/mol. The quantitative estimate of drug-likeness (QED) is 0.176. The maximum absolute atomic E-state index is 14.1. The number of nitro groups is 1. The Hall–Kier alpha value is -4.57. The standard InChI is InChI=1S/C31H29N3O6S/c1-6-39-30(36)27-19(5)32-31-33(28(27)21-12-11-18(4)24(15-21)34(37)38)29(35)26(41-31)16-23-22-10-8-7-9-20(22)13-14-25(23)40-17(2)3/h7-17,28H,6H2,1-5H3/b26-16+/t28-/m1/s1. The van der Waals surface area contributed by atoms with E-state index in [1.807, 2.05) is 50.2 Å². The second kappa shape index (κ2) is 11.1. The summed E-state index contributed by atoms with van der Waals surface area (Å²) < 4.78 is 13.3. The van der Waals surface area contributed by atoms with Crippen molar-refractivity contribution in [2.75, 3.05) is 6.61 Å². The van der Waals surface area contributed by atoms with Crippen LogP contribution >= 0.6 is 11.3 Å². The second-order valence-corrected chi connectivity index (χ2v) is 11.0. The average Bonchev–Trinajstić information content (AvgIpc) is 3.23. The van der Waals surface area contributed by atoms with Crippen LogP contribution in [0, 0.1) is 17.0 Å². The molecule has 3 aromatic carbocycles. The zero-order valence-electron chi connectivity index (χ0n) is 23.3. The molecular weight excluding hydrogens is 542 g/mol. The number of aryl methyl sites for hydroxylation is 1. The molecule has 9 nitrogen and oxygen atoms in total. The predicted octanol–water partition coefficient (Wildman–Crippen LogP) is 4.96. The van der Waals surface area contributed by atoms with E-state index in [1.165, 1.54) is 22.0 Å². The molecule has 0 N–H and O–H groups in total. The van der Waals surface area contributed by atoms with E-state index >= 15 is 0 Å². The number of hydrogen-bond acceptors (Lipinski definition) is 8. The molecule has 210 valence electrons. The Morgan fingerprint density at radius 2 is 1.93 bits per heavy atom. The molecule has 0 unspecified atom stereocenters. The fourth-order valence-electron chi connectivity index (χ4n) is 5.01. The van der Waals surface area contributed by atoms with E-state index in [2.05, 4.69) is 4.99 Å². The predicted molar refractivity (Wildman–Crippen MR) is 158 cm³/mol. The minimum absolute atomic E-state index is 0.0864. The first-order valence-corrected chi connectivity index (χ1v) is 14.0. The van der Waals surface area contributed by atoms with Crippen molar-refractivity contribution >= 4 is 39.8 Å². The Morgan fingerprint density at radius 3 is 2.63 bits per heavy atom. The smallest absolute Gasteiger partial charge is 0.338 e. The first kappa shape index (κ1) is 28.0. The van der Waals surface area contributed by atoms with Gasteiger partial charge in [0.15, 0.2) is 4.80 Å². The molecule has 41 heavy (non-hydrogen) atoms. The first-order valence-electron chi connectivity index (χ1n) is 13.2. The Balaban J connectivity index is 1.80. The highest BCUT2D eigenvalue weighted by Crippen LogP contribution is 2.34. The van der Waals surface area contributed by atoms with Gasteiger partial charge < -0.3 is 9.47 Å². The van der Waals surface area contributed by atoms with Crippen LogP contribution in [-0.4, -0.2) is 28.2 Å². The summed E-state index contributed by atoms with van der Waals surface area (Å²) in [6.07, 6.45) is 1.71. The van der Waals surface area contributed by atoms with Crippen molar-refractivity contribution in [2.24, 2.45) is 4.99 Å². The van der Waals surface area contributed by atoms with Crippen LogP contribution < -0.4 is 19.6 Å². The van der Waals surface area contributed by atoms with Crippen LogP contribution in [0.2, 0.25) is 0 Å². The van der Waals surface area contributed by atoms with E-state index in [1.54, 1.807) is 39.0 Å². The summed E-state index contributed by atoms with van der Waals surface area (Å²) in [6.45, 7) is 9.01. The first-order chi connectivity index (χ1) is 19.6. The molecule has 0 spiro atoms. The molecule has 0 radical (unpaired) electrons. The molecule has 2 heterocycles. The minimum atomic E-state index is -0.953. The van der Waals surface area contributed by atoms with Crippen molar-refractivity contribution < 1.29 is 19.2 Å². The van der Waals surface area contributed by atoms with Crippen LogP contribution in [0.15, 0.2) is 75.7 Å². The van der Waals surface area contributed by atoms with Gasteiger partial charge in [-0.15, -0.1) is 0 Å². The van der Waals surface area contributed by atoms with Crippen LogP contribution in [0.3, 0.4) is 0 Å². The molecule has 0 fully saturated rings. The van der Waals surface area contributed by atoms with E-state index in [-0.39, 0.29) is 29.5 Å². The number of nitro benzene ring substituents is 1. The molecule has 0 aliphatic carbocycles. The van der Waals surface area contributed by atoms with Gasteiger partial charge in [0.2, 0.25) is 0 Å². The lowest BCUT2D eigenvalue weighted by atomic mass is 9.94. The Morgan fingerprint density at radius 1 is 1.17 bits per heavy atom. The summed E-state index contributed by atoms with van der Waals surface area (Å²) >= 11 is 1.19. The number of nitrogens with zero attached hydrogens (tertiary/aromatic N) is 3. The number of esters is 1. The maximum Gasteiger partial charge on any atom is 0.338 e. The highest BCUT2D eigenvalue weighted by molar-refractivity contribution is 7.07. The fraction of sp³-hybridized carbons (Fsp3) is 0.258. The molecule has 5 rings (SSSR count). The third kappa shape index (κ3) is 5.18. The number of hydrogen-bond donors (Lipinski definition) is 0. The number of carbonyl (C=O) groups is 1. The molecule has 0 saturated heterocycles. The van der Waals surface area contributed by atoms with Crippen molar-refractivity contribution in [3.05, 3.63) is 112 Å². The number of carbonyl (C=O) groups excluding carboxylic acids is 1. The number of benzene rings is 3. The van der Waals surface area contributed by atoms with Crippen molar-refractivity contribution in [1.29, 1.82) is 0 Å². The molecular formula is C31H29N3O6S. The highest BCUT2D eigenvalue weighted by atomic mass is 32.1. The summed E-state index contributed by atoms with van der Waals surface area (Å²) in [7, 11) is 0. The van der Waals surface area contributed by atoms with E-state index in [9.17, 15) is 19.7 Å². The average molecular weight is 572 g/mol. The number of ether oxygens (including phenoxy) is 2. The topological polar surface area (TPSA) is 113 Å². The number of aromatic nitrogens is 1. The number of rotatable bonds is 7. The zero-order chi connectivity index (χ0) is 29.4. The van der Waals surface area contributed by atoms with Gasteiger partial charge in [0.05, 0.1) is 39.5 Å². The van der Waals surface area contributed by atoms with E-state index in [0.29, 0.717) is 31.9 Å². The summed E-state index contributed by atoms with van der Waals surface area (Å²) in [5.74, 6) is 0.0107. The molecule has 0 saturated carbocycles. The summed E-state index contributed by atoms with van der Waals surface area (Å²) in [6, 6.07) is 15.5. The maximum atomic E-state index is 14.1. The lowest BCUT2D eigenvalue weighted by Crippen LogP contribution is -2.40. The lowest BCUT2D eigenvalue weighted by molar-refractivity contribution is -0.385. The largest absolute Gasteiger partial charge is 0.490 e. The van der Waals surface area contributed by atoms with E-state index in [0.717, 1.165) is 16.3 Å². The normalized spacial score (nSPS) is 15.2. The number of fused-ring (bicyclic) bond motifs is 2. The Labute approximate surface area is 239 Å². The summed E-state index contributed by atoms with van der Waals surface area (Å²) in [5.41, 5.74) is 1.72. The minimum Gasteiger partial charge on any atom is -0.490 e. The lowest BCUT2D eigenvalue weighted by Gasteiger charge is -2.24. The van der Waals surface area contributed by atoms with Gasteiger partial charge in [-0.05, 0) is 63.1 Å². The van der Waals surface area contributed by atoms with Gasteiger partial charge in [0.1, 0.15) is 5.75 Å². The molecule has 10 heteroatoms. The van der Waals surface area contributed by atoms with Crippen LogP contribution in [0.25, 0.3) is 16.8 Å². The van der Waals surface area contributed by atoms with Gasteiger partial charge in [0, 0.05) is 17.2 Å². The second-order valence-electron chi connectivity index (χ2n) is 9.97. The molecule has 4 aromatic rings. The van der Waals surface area contributed by atoms with Gasteiger partial charge in [-0.25, -0.2) is 9.79 Å². The summed E-state index contributed by atoms with van der Waals surface area (Å²) in [5, 5.41) is 13.7. The van der Waals surface area contributed by atoms with Crippen LogP contribution in [-0.2, 0) is 9.53 Å². The van der Waals surface area contributed by atoms with Crippen LogP contribution in [0.5, 0.6) is 5.75 Å². The van der Waals surface area contributed by atoms with E-state index < -0.39 is 16.9 Å². The third-order valence-electron chi connectivity index (χ3n) is 6.83. The van der Waals surface area contributed by atoms with Gasteiger partial charge in [-0.1, -0.05) is 53.8 Å². The van der Waals surface area contributed by atoms with Gasteiger partial charge in [0.25, 0.3) is 11.2 Å². The Kier molecular flexibility index (Phi) is 7.59. The zero-order valence-corrected chi connectivity index (χ0v) is 24.2. The van der Waals surface area contributed by atoms with Gasteiger partial charge in [-0.3, -0.25) is 19.5 Å². The molecule has 0 amide bonds. The fourth-order valence-corrected chi connectivity index (χ4v) is 6.04. The van der Waals surface area contributed by atoms with Gasteiger partial charge >= 0.3 is 5.97 Å². The van der Waals surface area contributed by atoms with Crippen LogP contribution in [0.4, 0.5) is 5.69 Å². The molecule has 1 atom stereocenters. The van der Waals surface area contributed by atoms with Crippen molar-refractivity contribution in [2.45, 2.75) is 46.8 Å². The third-order valence-corrected chi connectivity index (χ3v) is 7.81. The van der Waals surface area contributed by atoms with Gasteiger partial charge in [-0.2, -0.15) is 0 Å². The number of allylic oxidation sites excluding steroid dienone is 1. The van der Waals surface area contributed by atoms with Crippen molar-refractivity contribution in [3.8, 4) is 5.75 Å². The van der Waals surface area contributed by atoms with Crippen molar-refractivity contribution in [1.82, 2.24) is 4.57 Å². The molecule has 1 aliphatic rings. The molecule has 1 aliphatic heterocycles. The van der Waals surface area contributed by atoms with E-state index in [4.69, 9.17) is 9.47 Å². The SMILES string of the molecule is CCOC(=O)C1=C(C)N=c2s/c(=C/c3c(OC(C)C)ccc4ccccc34)c(=O)n2[C@@H]1c1ccc(C)c([N+](=O)[O-])c1. The number of thiazole rings is 1. The molecule has 0 bridgehead atoms. The highest BCUT2D eigenvalue weighted by Gasteiger charge is 2.34. The van der Waals surface area contributed by atoms with Crippen molar-refractivity contribution in [3.63, 3.8) is 0 Å².